The molecule has 0 saturated heterocycles. The molecule has 0 aliphatic rings. The van der Waals surface area contributed by atoms with Crippen LogP contribution in [-0.4, -0.2) is 64.8 Å². The van der Waals surface area contributed by atoms with Crippen molar-refractivity contribution in [2.24, 2.45) is 0 Å². The average Bonchev–Trinajstić information content (AvgIpc) is 2.33. The van der Waals surface area contributed by atoms with Crippen LogP contribution in [0.25, 0.3) is 0 Å². The minimum absolute atomic E-state index is 0.109. The van der Waals surface area contributed by atoms with Gasteiger partial charge in [-0.25, -0.2) is 0 Å². The summed E-state index contributed by atoms with van der Waals surface area (Å²) < 4.78 is 0. The maximum absolute atomic E-state index is 12.1. The molecule has 0 saturated carbocycles. The van der Waals surface area contributed by atoms with E-state index in [4.69, 9.17) is 5.11 Å². The number of amides is 1. The molecule has 6 nitrogen and oxygen atoms in total. The molecule has 0 heterocycles. The van der Waals surface area contributed by atoms with Gasteiger partial charge < -0.3 is 15.3 Å². The Balaban J connectivity index is 4.77. The molecule has 7 heteroatoms. The van der Waals surface area contributed by atoms with Gasteiger partial charge in [-0.05, 0) is 19.2 Å². The van der Waals surface area contributed by atoms with Gasteiger partial charge in [0, 0.05) is 20.0 Å². The topological polar surface area (TPSA) is 86.7 Å². The molecule has 1 amide bonds. The number of hydrogen-bond donors (Lipinski definition) is 2. The Morgan fingerprint density at radius 3 is 2.20 bits per heavy atom. The standard InChI is InChI=1S/C13H24N2O4S/c1-8(2)20-11(13(18)19)6-12(17)15(5)10(7-14-4)9(3)16/h8,10-11,14H,6-7H2,1-5H3,(H,18,19). The summed E-state index contributed by atoms with van der Waals surface area (Å²) in [5.41, 5.74) is 0. The van der Waals surface area contributed by atoms with Crippen LogP contribution in [0.15, 0.2) is 0 Å². The summed E-state index contributed by atoms with van der Waals surface area (Å²) >= 11 is 1.24. The number of Topliss-reactive ketones (excluding diaryl/α,β-unsaturated/α-hetero) is 1. The van der Waals surface area contributed by atoms with Gasteiger partial charge in [-0.1, -0.05) is 13.8 Å². The number of likely N-dealkylation sites (N-methyl/N-ethyl adjacent to an activating group) is 2. The van der Waals surface area contributed by atoms with Crippen LogP contribution in [0.4, 0.5) is 0 Å². The van der Waals surface area contributed by atoms with Crippen LogP contribution in [0.1, 0.15) is 27.2 Å². The van der Waals surface area contributed by atoms with Gasteiger partial charge in [0.05, 0.1) is 0 Å². The van der Waals surface area contributed by atoms with Crippen LogP contribution in [0.2, 0.25) is 0 Å². The van der Waals surface area contributed by atoms with Crippen molar-refractivity contribution in [3.63, 3.8) is 0 Å². The Bertz CT molecular complexity index is 360. The Morgan fingerprint density at radius 2 is 1.85 bits per heavy atom. The van der Waals surface area contributed by atoms with Crippen molar-refractivity contribution in [2.45, 2.75) is 43.7 Å². The number of aliphatic carboxylic acids is 1. The highest BCUT2D eigenvalue weighted by molar-refractivity contribution is 8.01. The van der Waals surface area contributed by atoms with E-state index < -0.39 is 17.3 Å². The monoisotopic (exact) mass is 304 g/mol. The van der Waals surface area contributed by atoms with Crippen molar-refractivity contribution < 1.29 is 19.5 Å². The molecule has 0 aliphatic carbocycles. The SMILES string of the molecule is CNCC(C(C)=O)N(C)C(=O)CC(SC(C)C)C(=O)O. The number of carboxylic acids is 1. The summed E-state index contributed by atoms with van der Waals surface area (Å²) in [6.45, 7) is 5.54. The molecule has 0 aromatic carbocycles. The fraction of sp³-hybridized carbons (Fsp3) is 0.769. The highest BCUT2D eigenvalue weighted by atomic mass is 32.2. The summed E-state index contributed by atoms with van der Waals surface area (Å²) in [5.74, 6) is -1.46. The van der Waals surface area contributed by atoms with Crippen molar-refractivity contribution in [1.29, 1.82) is 0 Å². The minimum atomic E-state index is -1.00. The zero-order chi connectivity index (χ0) is 15.9. The molecule has 0 bridgehead atoms. The lowest BCUT2D eigenvalue weighted by molar-refractivity contribution is -0.141. The molecule has 0 aromatic heterocycles. The number of nitrogens with zero attached hydrogens (tertiary/aromatic N) is 1. The lowest BCUT2D eigenvalue weighted by Crippen LogP contribution is -2.47. The first kappa shape index (κ1) is 18.9. The van der Waals surface area contributed by atoms with Gasteiger partial charge in [0.2, 0.25) is 5.91 Å². The summed E-state index contributed by atoms with van der Waals surface area (Å²) in [7, 11) is 3.23. The first-order chi connectivity index (χ1) is 9.20. The van der Waals surface area contributed by atoms with E-state index in [1.165, 1.54) is 30.6 Å². The third-order valence-electron chi connectivity index (χ3n) is 2.80. The number of carbonyl (C=O) groups is 3. The molecule has 0 rings (SSSR count). The van der Waals surface area contributed by atoms with Gasteiger partial charge in [-0.15, -0.1) is 11.8 Å². The molecule has 2 N–H and O–H groups in total. The summed E-state index contributed by atoms with van der Waals surface area (Å²) in [6, 6.07) is -0.564. The zero-order valence-corrected chi connectivity index (χ0v) is 13.5. The van der Waals surface area contributed by atoms with Gasteiger partial charge in [-0.3, -0.25) is 14.4 Å². The Kier molecular flexibility index (Phi) is 8.48. The molecule has 116 valence electrons. The van der Waals surface area contributed by atoms with E-state index >= 15 is 0 Å². The van der Waals surface area contributed by atoms with E-state index in [1.807, 2.05) is 13.8 Å². The normalized spacial score (nSPS) is 13.9. The number of rotatable bonds is 9. The van der Waals surface area contributed by atoms with Gasteiger partial charge in [-0.2, -0.15) is 0 Å². The second-order valence-electron chi connectivity index (χ2n) is 4.90. The van der Waals surface area contributed by atoms with Gasteiger partial charge in [0.1, 0.15) is 11.3 Å². The number of carboxylic acid groups (broad SMARTS) is 1. The largest absolute Gasteiger partial charge is 0.480 e. The predicted octanol–water partition coefficient (Wildman–Crippen LogP) is 0.607. The van der Waals surface area contributed by atoms with Crippen molar-refractivity contribution in [3.05, 3.63) is 0 Å². The van der Waals surface area contributed by atoms with Crippen LogP contribution in [0.3, 0.4) is 0 Å². The van der Waals surface area contributed by atoms with Gasteiger partial charge >= 0.3 is 5.97 Å². The smallest absolute Gasteiger partial charge is 0.317 e. The first-order valence-corrected chi connectivity index (χ1v) is 7.43. The van der Waals surface area contributed by atoms with E-state index in [-0.39, 0.29) is 23.4 Å². The van der Waals surface area contributed by atoms with Crippen LogP contribution in [-0.2, 0) is 14.4 Å². The number of nitrogens with one attached hydrogen (secondary N) is 1. The fourth-order valence-corrected chi connectivity index (χ4v) is 2.76. The van der Waals surface area contributed by atoms with Crippen molar-refractivity contribution in [1.82, 2.24) is 10.2 Å². The molecule has 2 atom stereocenters. The van der Waals surface area contributed by atoms with Crippen molar-refractivity contribution in [2.75, 3.05) is 20.6 Å². The number of carbonyl (C=O) groups excluding carboxylic acids is 2. The molecule has 0 fully saturated rings. The van der Waals surface area contributed by atoms with Crippen LogP contribution >= 0.6 is 11.8 Å². The van der Waals surface area contributed by atoms with E-state index in [0.29, 0.717) is 6.54 Å². The lowest BCUT2D eigenvalue weighted by Gasteiger charge is -2.27. The predicted molar refractivity (Wildman–Crippen MR) is 79.9 cm³/mol. The van der Waals surface area contributed by atoms with Crippen molar-refractivity contribution >= 4 is 29.4 Å². The number of ketones is 1. The van der Waals surface area contributed by atoms with E-state index in [9.17, 15) is 14.4 Å². The molecular formula is C13H24N2O4S. The lowest BCUT2D eigenvalue weighted by atomic mass is 10.1. The third kappa shape index (κ3) is 6.38. The quantitative estimate of drug-likeness (QED) is 0.649. The molecular weight excluding hydrogens is 280 g/mol. The third-order valence-corrected chi connectivity index (χ3v) is 4.04. The fourth-order valence-electron chi connectivity index (χ4n) is 1.75. The van der Waals surface area contributed by atoms with E-state index in [0.717, 1.165) is 0 Å². The highest BCUT2D eigenvalue weighted by Crippen LogP contribution is 2.21. The second-order valence-corrected chi connectivity index (χ2v) is 6.69. The highest BCUT2D eigenvalue weighted by Gasteiger charge is 2.28. The molecule has 0 aromatic rings. The number of thioether (sulfide) groups is 1. The average molecular weight is 304 g/mol. The zero-order valence-electron chi connectivity index (χ0n) is 12.7. The molecule has 2 unspecified atom stereocenters. The van der Waals surface area contributed by atoms with Crippen LogP contribution in [0.5, 0.6) is 0 Å². The Hall–Kier alpha value is -1.08. The Labute approximate surface area is 124 Å². The maximum Gasteiger partial charge on any atom is 0.317 e. The molecule has 0 aliphatic heterocycles. The van der Waals surface area contributed by atoms with Crippen molar-refractivity contribution in [3.8, 4) is 0 Å². The molecule has 20 heavy (non-hydrogen) atoms. The van der Waals surface area contributed by atoms with E-state index in [2.05, 4.69) is 5.32 Å². The van der Waals surface area contributed by atoms with Gasteiger partial charge in [0.25, 0.3) is 0 Å². The molecule has 0 radical (unpaired) electrons. The van der Waals surface area contributed by atoms with Crippen LogP contribution < -0.4 is 5.32 Å². The van der Waals surface area contributed by atoms with E-state index in [1.54, 1.807) is 7.05 Å². The second kappa shape index (κ2) is 8.97. The first-order valence-electron chi connectivity index (χ1n) is 6.49. The summed E-state index contributed by atoms with van der Waals surface area (Å²) in [4.78, 5) is 36.1. The minimum Gasteiger partial charge on any atom is -0.480 e. The maximum atomic E-state index is 12.1. The van der Waals surface area contributed by atoms with Crippen LogP contribution in [0, 0.1) is 0 Å². The number of hydrogen-bond acceptors (Lipinski definition) is 5. The van der Waals surface area contributed by atoms with Gasteiger partial charge in [0.15, 0.2) is 5.78 Å². The summed E-state index contributed by atoms with van der Waals surface area (Å²) in [6.07, 6.45) is -0.109. The Morgan fingerprint density at radius 1 is 1.30 bits per heavy atom. The summed E-state index contributed by atoms with van der Waals surface area (Å²) in [5, 5.41) is 11.3. The molecule has 0 spiro atoms.